The van der Waals surface area contributed by atoms with Crippen LogP contribution < -0.4 is 10.5 Å². The first-order valence-corrected chi connectivity index (χ1v) is 4.75. The third-order valence-electron chi connectivity index (χ3n) is 1.74. The Bertz CT molecular complexity index is 328. The molecule has 1 aromatic rings. The van der Waals surface area contributed by atoms with Crippen LogP contribution in [0.3, 0.4) is 0 Å². The second kappa shape index (κ2) is 4.86. The summed E-state index contributed by atoms with van der Waals surface area (Å²) in [6, 6.07) is 7.10. The average molecular weight is 214 g/mol. The summed E-state index contributed by atoms with van der Waals surface area (Å²) >= 11 is 5.83. The van der Waals surface area contributed by atoms with Gasteiger partial charge in [-0.25, -0.2) is 0 Å². The van der Waals surface area contributed by atoms with Gasteiger partial charge in [0.15, 0.2) is 0 Å². The largest absolute Gasteiger partial charge is 0.494 e. The first-order chi connectivity index (χ1) is 6.66. The number of alkyl halides is 1. The fourth-order valence-corrected chi connectivity index (χ4v) is 1.31. The summed E-state index contributed by atoms with van der Waals surface area (Å²) in [6.07, 6.45) is 0. The predicted octanol–water partition coefficient (Wildman–Crippen LogP) is 1.85. The van der Waals surface area contributed by atoms with Gasteiger partial charge in [-0.05, 0) is 13.0 Å². The zero-order valence-corrected chi connectivity index (χ0v) is 8.62. The molecule has 0 heterocycles. The summed E-state index contributed by atoms with van der Waals surface area (Å²) in [4.78, 5) is 10.9. The number of nitrogens with two attached hydrogens (primary N) is 1. The molecule has 0 radical (unpaired) electrons. The molecule has 14 heavy (non-hydrogen) atoms. The maximum Gasteiger partial charge on any atom is 0.240 e. The Hall–Kier alpha value is -1.22. The first-order valence-electron chi connectivity index (χ1n) is 4.32. The van der Waals surface area contributed by atoms with Crippen LogP contribution in [0.2, 0.25) is 0 Å². The fourth-order valence-electron chi connectivity index (χ4n) is 1.13. The third kappa shape index (κ3) is 2.39. The summed E-state index contributed by atoms with van der Waals surface area (Å²) in [6.45, 7) is 2.39. The molecule has 0 fully saturated rings. The van der Waals surface area contributed by atoms with E-state index in [0.29, 0.717) is 17.9 Å². The van der Waals surface area contributed by atoms with Gasteiger partial charge >= 0.3 is 0 Å². The predicted molar refractivity (Wildman–Crippen MR) is 55.4 cm³/mol. The van der Waals surface area contributed by atoms with E-state index in [2.05, 4.69) is 0 Å². The van der Waals surface area contributed by atoms with Crippen LogP contribution in [0.15, 0.2) is 24.3 Å². The van der Waals surface area contributed by atoms with Crippen molar-refractivity contribution in [1.82, 2.24) is 0 Å². The number of rotatable bonds is 4. The van der Waals surface area contributed by atoms with Crippen molar-refractivity contribution in [3.8, 4) is 5.75 Å². The number of ether oxygens (including phenoxy) is 1. The van der Waals surface area contributed by atoms with Crippen LogP contribution in [0.4, 0.5) is 0 Å². The molecule has 76 valence electrons. The van der Waals surface area contributed by atoms with Crippen LogP contribution in [0, 0.1) is 0 Å². The van der Waals surface area contributed by atoms with Gasteiger partial charge in [0.05, 0.1) is 6.61 Å². The van der Waals surface area contributed by atoms with E-state index in [1.807, 2.05) is 13.0 Å². The van der Waals surface area contributed by atoms with Gasteiger partial charge in [0.2, 0.25) is 5.91 Å². The SMILES string of the molecule is CCOc1ccccc1C(Cl)C(N)=O. The monoisotopic (exact) mass is 213 g/mol. The molecular weight excluding hydrogens is 202 g/mol. The lowest BCUT2D eigenvalue weighted by Gasteiger charge is -2.11. The van der Waals surface area contributed by atoms with Gasteiger partial charge in [0, 0.05) is 5.56 Å². The Morgan fingerprint density at radius 3 is 2.79 bits per heavy atom. The standard InChI is InChI=1S/C10H12ClNO2/c1-2-14-8-6-4-3-5-7(8)9(11)10(12)13/h3-6,9H,2H2,1H3,(H2,12,13). The highest BCUT2D eigenvalue weighted by Gasteiger charge is 2.17. The Morgan fingerprint density at radius 1 is 1.57 bits per heavy atom. The van der Waals surface area contributed by atoms with Gasteiger partial charge in [-0.1, -0.05) is 18.2 Å². The summed E-state index contributed by atoms with van der Waals surface area (Å²) in [5.74, 6) is 0.0348. The molecule has 0 saturated heterocycles. The normalized spacial score (nSPS) is 12.1. The second-order valence-electron chi connectivity index (χ2n) is 2.74. The van der Waals surface area contributed by atoms with Crippen molar-refractivity contribution in [2.45, 2.75) is 12.3 Å². The average Bonchev–Trinajstić information content (AvgIpc) is 2.18. The van der Waals surface area contributed by atoms with E-state index in [0.717, 1.165) is 0 Å². The number of hydrogen-bond acceptors (Lipinski definition) is 2. The van der Waals surface area contributed by atoms with Crippen LogP contribution in [-0.4, -0.2) is 12.5 Å². The van der Waals surface area contributed by atoms with Gasteiger partial charge in [0.25, 0.3) is 0 Å². The Morgan fingerprint density at radius 2 is 2.21 bits per heavy atom. The molecule has 0 spiro atoms. The molecule has 0 bridgehead atoms. The minimum atomic E-state index is -0.835. The van der Waals surface area contributed by atoms with Crippen molar-refractivity contribution in [3.05, 3.63) is 29.8 Å². The van der Waals surface area contributed by atoms with Gasteiger partial charge in [-0.15, -0.1) is 11.6 Å². The van der Waals surface area contributed by atoms with E-state index in [1.54, 1.807) is 18.2 Å². The first kappa shape index (κ1) is 10.9. The van der Waals surface area contributed by atoms with Crippen LogP contribution in [-0.2, 0) is 4.79 Å². The summed E-state index contributed by atoms with van der Waals surface area (Å²) in [5.41, 5.74) is 5.72. The lowest BCUT2D eigenvalue weighted by atomic mass is 10.1. The van der Waals surface area contributed by atoms with Crippen molar-refractivity contribution in [3.63, 3.8) is 0 Å². The summed E-state index contributed by atoms with van der Waals surface area (Å²) in [7, 11) is 0. The number of carbonyl (C=O) groups excluding carboxylic acids is 1. The van der Waals surface area contributed by atoms with E-state index < -0.39 is 11.3 Å². The van der Waals surface area contributed by atoms with Crippen molar-refractivity contribution < 1.29 is 9.53 Å². The van der Waals surface area contributed by atoms with E-state index in [9.17, 15) is 4.79 Å². The molecule has 0 aliphatic rings. The minimum Gasteiger partial charge on any atom is -0.494 e. The van der Waals surface area contributed by atoms with Crippen molar-refractivity contribution in [2.24, 2.45) is 5.73 Å². The molecule has 1 atom stereocenters. The van der Waals surface area contributed by atoms with Crippen LogP contribution in [0.1, 0.15) is 17.9 Å². The molecule has 1 rings (SSSR count). The molecule has 0 saturated carbocycles. The van der Waals surface area contributed by atoms with Gasteiger partial charge < -0.3 is 10.5 Å². The molecule has 0 aliphatic heterocycles. The molecule has 4 heteroatoms. The smallest absolute Gasteiger partial charge is 0.240 e. The van der Waals surface area contributed by atoms with E-state index >= 15 is 0 Å². The number of para-hydroxylation sites is 1. The molecule has 1 aromatic carbocycles. The number of benzene rings is 1. The maximum absolute atomic E-state index is 10.9. The second-order valence-corrected chi connectivity index (χ2v) is 3.17. The Balaban J connectivity index is 3.00. The van der Waals surface area contributed by atoms with Crippen molar-refractivity contribution in [2.75, 3.05) is 6.61 Å². The highest BCUT2D eigenvalue weighted by Crippen LogP contribution is 2.29. The van der Waals surface area contributed by atoms with Gasteiger partial charge in [0.1, 0.15) is 11.1 Å². The van der Waals surface area contributed by atoms with E-state index in [4.69, 9.17) is 22.1 Å². The lowest BCUT2D eigenvalue weighted by Crippen LogP contribution is -2.17. The lowest BCUT2D eigenvalue weighted by molar-refractivity contribution is -0.117. The molecule has 2 N–H and O–H groups in total. The number of hydrogen-bond donors (Lipinski definition) is 1. The quantitative estimate of drug-likeness (QED) is 0.777. The summed E-state index contributed by atoms with van der Waals surface area (Å²) < 4.78 is 5.32. The number of halogens is 1. The van der Waals surface area contributed by atoms with E-state index in [1.165, 1.54) is 0 Å². The van der Waals surface area contributed by atoms with Gasteiger partial charge in [-0.2, -0.15) is 0 Å². The third-order valence-corrected chi connectivity index (χ3v) is 2.19. The Kier molecular flexibility index (Phi) is 3.77. The van der Waals surface area contributed by atoms with Crippen LogP contribution in [0.25, 0.3) is 0 Å². The van der Waals surface area contributed by atoms with Crippen molar-refractivity contribution in [1.29, 1.82) is 0 Å². The summed E-state index contributed by atoms with van der Waals surface area (Å²) in [5, 5.41) is -0.835. The molecule has 0 aliphatic carbocycles. The van der Waals surface area contributed by atoms with E-state index in [-0.39, 0.29) is 0 Å². The molecule has 1 unspecified atom stereocenters. The zero-order valence-electron chi connectivity index (χ0n) is 7.87. The molecule has 3 nitrogen and oxygen atoms in total. The van der Waals surface area contributed by atoms with Crippen LogP contribution >= 0.6 is 11.6 Å². The number of primary amides is 1. The number of amides is 1. The Labute approximate surface area is 87.8 Å². The molecule has 0 aromatic heterocycles. The highest BCUT2D eigenvalue weighted by atomic mass is 35.5. The zero-order chi connectivity index (χ0) is 10.6. The minimum absolute atomic E-state index is 0.527. The van der Waals surface area contributed by atoms with Gasteiger partial charge in [-0.3, -0.25) is 4.79 Å². The maximum atomic E-state index is 10.9. The molecular formula is C10H12ClNO2. The highest BCUT2D eigenvalue weighted by molar-refractivity contribution is 6.30. The van der Waals surface area contributed by atoms with Crippen molar-refractivity contribution >= 4 is 17.5 Å². The molecule has 1 amide bonds. The number of carbonyl (C=O) groups is 1. The van der Waals surface area contributed by atoms with Crippen LogP contribution in [0.5, 0.6) is 5.75 Å². The topological polar surface area (TPSA) is 52.3 Å². The fraction of sp³-hybridized carbons (Fsp3) is 0.300.